The summed E-state index contributed by atoms with van der Waals surface area (Å²) in [6.07, 6.45) is 1.76. The molecule has 1 atom stereocenters. The molecule has 1 aromatic carbocycles. The van der Waals surface area contributed by atoms with E-state index in [4.69, 9.17) is 9.47 Å². The molecule has 0 aromatic heterocycles. The lowest BCUT2D eigenvalue weighted by molar-refractivity contribution is 0.0477. The normalized spacial score (nSPS) is 13.8. The fraction of sp³-hybridized carbons (Fsp3) is 0.647. The fourth-order valence-corrected chi connectivity index (χ4v) is 2.16. The van der Waals surface area contributed by atoms with Gasteiger partial charge in [-0.05, 0) is 64.4 Å². The minimum absolute atomic E-state index is 0.573. The summed E-state index contributed by atoms with van der Waals surface area (Å²) in [5, 5.41) is 14.0. The van der Waals surface area contributed by atoms with Gasteiger partial charge in [0.25, 0.3) is 0 Å². The van der Waals surface area contributed by atoms with Crippen LogP contribution in [-0.2, 0) is 5.60 Å². The van der Waals surface area contributed by atoms with Crippen LogP contribution in [0.3, 0.4) is 0 Å². The van der Waals surface area contributed by atoms with Crippen LogP contribution in [0.5, 0.6) is 11.5 Å². The van der Waals surface area contributed by atoms with Gasteiger partial charge in [-0.25, -0.2) is 0 Å². The maximum absolute atomic E-state index is 10.7. The zero-order valence-corrected chi connectivity index (χ0v) is 13.7. The summed E-state index contributed by atoms with van der Waals surface area (Å²) >= 11 is 0. The van der Waals surface area contributed by atoms with Gasteiger partial charge in [-0.2, -0.15) is 0 Å². The van der Waals surface area contributed by atoms with Gasteiger partial charge in [0.1, 0.15) is 0 Å². The number of hydrogen-bond donors (Lipinski definition) is 2. The van der Waals surface area contributed by atoms with Crippen molar-refractivity contribution >= 4 is 0 Å². The van der Waals surface area contributed by atoms with Gasteiger partial charge in [0.2, 0.25) is 0 Å². The van der Waals surface area contributed by atoms with Gasteiger partial charge in [-0.3, -0.25) is 0 Å². The lowest BCUT2D eigenvalue weighted by Gasteiger charge is -2.25. The number of rotatable bonds is 10. The SMILES string of the molecule is CCCNCCC(C)(O)c1ccc(OCC)c(OCC)c1. The van der Waals surface area contributed by atoms with Crippen LogP contribution in [0.4, 0.5) is 0 Å². The van der Waals surface area contributed by atoms with Crippen LogP contribution in [0.2, 0.25) is 0 Å². The molecule has 120 valence electrons. The number of nitrogens with one attached hydrogen (secondary N) is 1. The highest BCUT2D eigenvalue weighted by Gasteiger charge is 2.24. The minimum atomic E-state index is -0.878. The topological polar surface area (TPSA) is 50.7 Å². The van der Waals surface area contributed by atoms with Crippen molar-refractivity contribution in [2.75, 3.05) is 26.3 Å². The Balaban J connectivity index is 2.82. The first-order valence-electron chi connectivity index (χ1n) is 7.88. The van der Waals surface area contributed by atoms with Gasteiger partial charge in [0, 0.05) is 0 Å². The smallest absolute Gasteiger partial charge is 0.161 e. The third-order valence-electron chi connectivity index (χ3n) is 3.38. The van der Waals surface area contributed by atoms with E-state index in [1.165, 1.54) is 0 Å². The van der Waals surface area contributed by atoms with Crippen molar-refractivity contribution in [3.8, 4) is 11.5 Å². The largest absolute Gasteiger partial charge is 0.490 e. The molecule has 0 spiro atoms. The van der Waals surface area contributed by atoms with Crippen molar-refractivity contribution in [2.24, 2.45) is 0 Å². The van der Waals surface area contributed by atoms with E-state index in [1.54, 1.807) is 0 Å². The Morgan fingerprint density at radius 1 is 1.05 bits per heavy atom. The first-order valence-corrected chi connectivity index (χ1v) is 7.88. The summed E-state index contributed by atoms with van der Waals surface area (Å²) in [6, 6.07) is 5.67. The lowest BCUT2D eigenvalue weighted by Crippen LogP contribution is -2.28. The van der Waals surface area contributed by atoms with Crippen LogP contribution in [0, 0.1) is 0 Å². The van der Waals surface area contributed by atoms with Crippen LogP contribution >= 0.6 is 0 Å². The number of benzene rings is 1. The zero-order chi connectivity index (χ0) is 15.7. The summed E-state index contributed by atoms with van der Waals surface area (Å²) in [6.45, 7) is 10.8. The molecule has 0 aliphatic heterocycles. The van der Waals surface area contributed by atoms with E-state index < -0.39 is 5.60 Å². The van der Waals surface area contributed by atoms with Crippen molar-refractivity contribution in [3.63, 3.8) is 0 Å². The average molecular weight is 295 g/mol. The summed E-state index contributed by atoms with van der Waals surface area (Å²) in [7, 11) is 0. The molecule has 0 saturated heterocycles. The molecule has 4 heteroatoms. The highest BCUT2D eigenvalue weighted by Crippen LogP contribution is 2.34. The van der Waals surface area contributed by atoms with Crippen LogP contribution < -0.4 is 14.8 Å². The van der Waals surface area contributed by atoms with E-state index in [1.807, 2.05) is 39.0 Å². The van der Waals surface area contributed by atoms with Crippen molar-refractivity contribution in [1.29, 1.82) is 0 Å². The summed E-state index contributed by atoms with van der Waals surface area (Å²) < 4.78 is 11.2. The average Bonchev–Trinajstić information content (AvgIpc) is 2.46. The second-order valence-corrected chi connectivity index (χ2v) is 5.30. The van der Waals surface area contributed by atoms with Crippen molar-refractivity contribution < 1.29 is 14.6 Å². The Labute approximate surface area is 128 Å². The van der Waals surface area contributed by atoms with Crippen LogP contribution in [0.1, 0.15) is 46.1 Å². The summed E-state index contributed by atoms with van der Waals surface area (Å²) in [5.74, 6) is 1.42. The Morgan fingerprint density at radius 3 is 2.33 bits per heavy atom. The third kappa shape index (κ3) is 5.56. The Hall–Kier alpha value is -1.26. The summed E-state index contributed by atoms with van der Waals surface area (Å²) in [4.78, 5) is 0. The predicted octanol–water partition coefficient (Wildman–Crippen LogP) is 3.08. The Bertz CT molecular complexity index is 418. The molecule has 0 radical (unpaired) electrons. The second kappa shape index (κ2) is 8.90. The Kier molecular flexibility index (Phi) is 7.54. The fourth-order valence-electron chi connectivity index (χ4n) is 2.16. The molecule has 0 aliphatic carbocycles. The van der Waals surface area contributed by atoms with E-state index in [-0.39, 0.29) is 0 Å². The van der Waals surface area contributed by atoms with Crippen molar-refractivity contribution in [2.45, 2.75) is 46.1 Å². The first-order chi connectivity index (χ1) is 10.0. The molecule has 0 amide bonds. The van der Waals surface area contributed by atoms with E-state index in [9.17, 15) is 5.11 Å². The van der Waals surface area contributed by atoms with Crippen LogP contribution in [0.15, 0.2) is 18.2 Å². The van der Waals surface area contributed by atoms with Crippen molar-refractivity contribution in [1.82, 2.24) is 5.32 Å². The lowest BCUT2D eigenvalue weighted by atomic mass is 9.92. The molecule has 2 N–H and O–H groups in total. The Morgan fingerprint density at radius 2 is 1.71 bits per heavy atom. The van der Waals surface area contributed by atoms with E-state index in [2.05, 4.69) is 12.2 Å². The molecule has 4 nitrogen and oxygen atoms in total. The molecule has 0 heterocycles. The minimum Gasteiger partial charge on any atom is -0.490 e. The highest BCUT2D eigenvalue weighted by atomic mass is 16.5. The summed E-state index contributed by atoms with van der Waals surface area (Å²) in [5.41, 5.74) is -0.0233. The molecular formula is C17H29NO3. The van der Waals surface area contributed by atoms with Gasteiger partial charge in [0.15, 0.2) is 11.5 Å². The monoisotopic (exact) mass is 295 g/mol. The van der Waals surface area contributed by atoms with Gasteiger partial charge >= 0.3 is 0 Å². The molecule has 21 heavy (non-hydrogen) atoms. The van der Waals surface area contributed by atoms with Crippen molar-refractivity contribution in [3.05, 3.63) is 23.8 Å². The van der Waals surface area contributed by atoms with E-state index >= 15 is 0 Å². The van der Waals surface area contributed by atoms with Gasteiger partial charge in [-0.15, -0.1) is 0 Å². The van der Waals surface area contributed by atoms with E-state index in [0.29, 0.717) is 25.4 Å². The van der Waals surface area contributed by atoms with E-state index in [0.717, 1.165) is 30.8 Å². The van der Waals surface area contributed by atoms with Crippen LogP contribution in [-0.4, -0.2) is 31.4 Å². The third-order valence-corrected chi connectivity index (χ3v) is 3.38. The second-order valence-electron chi connectivity index (χ2n) is 5.30. The van der Waals surface area contributed by atoms with Gasteiger partial charge < -0.3 is 19.9 Å². The van der Waals surface area contributed by atoms with Crippen LogP contribution in [0.25, 0.3) is 0 Å². The standard InChI is InChI=1S/C17H29NO3/c1-5-11-18-12-10-17(4,19)14-8-9-15(20-6-2)16(13-14)21-7-3/h8-9,13,18-19H,5-7,10-12H2,1-4H3. The molecule has 0 aliphatic rings. The maximum Gasteiger partial charge on any atom is 0.161 e. The number of aliphatic hydroxyl groups is 1. The number of hydrogen-bond acceptors (Lipinski definition) is 4. The molecule has 0 saturated carbocycles. The van der Waals surface area contributed by atoms with Gasteiger partial charge in [0.05, 0.1) is 18.8 Å². The molecule has 0 fully saturated rings. The number of ether oxygens (including phenoxy) is 2. The molecule has 0 bridgehead atoms. The highest BCUT2D eigenvalue weighted by molar-refractivity contribution is 5.44. The zero-order valence-electron chi connectivity index (χ0n) is 13.7. The quantitative estimate of drug-likeness (QED) is 0.651. The molecule has 1 rings (SSSR count). The molecular weight excluding hydrogens is 266 g/mol. The molecule has 1 aromatic rings. The maximum atomic E-state index is 10.7. The molecule has 1 unspecified atom stereocenters. The predicted molar refractivity (Wildman–Crippen MR) is 86.1 cm³/mol. The first kappa shape index (κ1) is 17.8. The van der Waals surface area contributed by atoms with Gasteiger partial charge in [-0.1, -0.05) is 13.0 Å².